The van der Waals surface area contributed by atoms with Crippen molar-refractivity contribution < 1.29 is 4.79 Å². The molecule has 3 N–H and O–H groups in total. The van der Waals surface area contributed by atoms with E-state index >= 15 is 0 Å². The summed E-state index contributed by atoms with van der Waals surface area (Å²) >= 11 is 5.97. The van der Waals surface area contributed by atoms with Gasteiger partial charge >= 0.3 is 0 Å². The summed E-state index contributed by atoms with van der Waals surface area (Å²) in [5, 5.41) is 3.12. The number of amides is 1. The molecule has 86 valence electrons. The van der Waals surface area contributed by atoms with E-state index in [0.29, 0.717) is 22.0 Å². The van der Waals surface area contributed by atoms with Crippen molar-refractivity contribution in [1.82, 2.24) is 0 Å². The zero-order valence-corrected chi connectivity index (χ0v) is 9.74. The fourth-order valence-corrected chi connectivity index (χ4v) is 1.68. The quantitative estimate of drug-likeness (QED) is 0.800. The molecule has 4 heteroatoms. The zero-order valence-electron chi connectivity index (χ0n) is 8.98. The van der Waals surface area contributed by atoms with Crippen LogP contribution in [0.1, 0.15) is 10.4 Å². The van der Waals surface area contributed by atoms with Gasteiger partial charge in [-0.15, -0.1) is 0 Å². The van der Waals surface area contributed by atoms with Crippen LogP contribution < -0.4 is 11.1 Å². The molecule has 0 spiro atoms. The molecule has 0 saturated heterocycles. The summed E-state index contributed by atoms with van der Waals surface area (Å²) in [6.45, 7) is 0. The Labute approximate surface area is 104 Å². The summed E-state index contributed by atoms with van der Waals surface area (Å²) in [4.78, 5) is 11.9. The summed E-state index contributed by atoms with van der Waals surface area (Å²) in [5.74, 6) is -0.231. The maximum absolute atomic E-state index is 11.9. The number of halogens is 1. The van der Waals surface area contributed by atoms with Gasteiger partial charge in [0, 0.05) is 5.56 Å². The lowest BCUT2D eigenvalue weighted by Gasteiger charge is -2.09. The molecule has 0 aliphatic heterocycles. The number of para-hydroxylation sites is 1. The third-order valence-electron chi connectivity index (χ3n) is 2.32. The molecule has 0 saturated carbocycles. The molecule has 1 amide bonds. The Morgan fingerprint density at radius 2 is 1.76 bits per heavy atom. The molecule has 0 bridgehead atoms. The third kappa shape index (κ3) is 2.57. The first-order valence-electron chi connectivity index (χ1n) is 5.09. The van der Waals surface area contributed by atoms with E-state index in [1.54, 1.807) is 42.5 Å². The van der Waals surface area contributed by atoms with E-state index in [1.807, 2.05) is 6.07 Å². The molecule has 0 aromatic heterocycles. The van der Waals surface area contributed by atoms with E-state index < -0.39 is 0 Å². The Balaban J connectivity index is 2.25. The van der Waals surface area contributed by atoms with Crippen LogP contribution in [0.4, 0.5) is 11.4 Å². The van der Waals surface area contributed by atoms with Crippen molar-refractivity contribution in [2.45, 2.75) is 0 Å². The molecule has 2 rings (SSSR count). The van der Waals surface area contributed by atoms with Crippen molar-refractivity contribution in [2.75, 3.05) is 11.1 Å². The number of benzene rings is 2. The fourth-order valence-electron chi connectivity index (χ4n) is 1.45. The second-order valence-corrected chi connectivity index (χ2v) is 3.93. The molecule has 2 aromatic carbocycles. The van der Waals surface area contributed by atoms with Gasteiger partial charge in [0.05, 0.1) is 16.4 Å². The van der Waals surface area contributed by atoms with E-state index in [9.17, 15) is 4.79 Å². The summed E-state index contributed by atoms with van der Waals surface area (Å²) in [5.41, 5.74) is 7.20. The van der Waals surface area contributed by atoms with Crippen LogP contribution in [0.25, 0.3) is 0 Å². The van der Waals surface area contributed by atoms with E-state index in [1.165, 1.54) is 0 Å². The zero-order chi connectivity index (χ0) is 12.3. The fraction of sp³-hybridized carbons (Fsp3) is 0. The molecule has 0 aliphatic rings. The molecule has 0 unspecified atom stereocenters. The minimum atomic E-state index is -0.231. The number of rotatable bonds is 2. The summed E-state index contributed by atoms with van der Waals surface area (Å²) in [6, 6.07) is 14.0. The molecule has 0 radical (unpaired) electrons. The highest BCUT2D eigenvalue weighted by Gasteiger charge is 2.09. The Morgan fingerprint density at radius 1 is 1.06 bits per heavy atom. The molecule has 3 nitrogen and oxygen atoms in total. The number of carbonyl (C=O) groups is 1. The first-order valence-corrected chi connectivity index (χ1v) is 5.46. The minimum Gasteiger partial charge on any atom is -0.397 e. The Bertz CT molecular complexity index is 520. The van der Waals surface area contributed by atoms with Crippen LogP contribution in [0, 0.1) is 0 Å². The molecule has 0 fully saturated rings. The van der Waals surface area contributed by atoms with Gasteiger partial charge in [0.1, 0.15) is 0 Å². The lowest BCUT2D eigenvalue weighted by molar-refractivity contribution is 0.102. The number of carbonyl (C=O) groups excluding carboxylic acids is 1. The average molecular weight is 247 g/mol. The van der Waals surface area contributed by atoms with Gasteiger partial charge in [-0.25, -0.2) is 0 Å². The van der Waals surface area contributed by atoms with Crippen LogP contribution in [-0.2, 0) is 0 Å². The predicted octanol–water partition coefficient (Wildman–Crippen LogP) is 3.17. The molecular weight excluding hydrogens is 236 g/mol. The third-order valence-corrected chi connectivity index (χ3v) is 2.64. The normalized spacial score (nSPS) is 9.94. The van der Waals surface area contributed by atoms with Crippen LogP contribution in [0.2, 0.25) is 5.02 Å². The van der Waals surface area contributed by atoms with Crippen molar-refractivity contribution in [2.24, 2.45) is 0 Å². The first kappa shape index (κ1) is 11.5. The molecule has 2 aromatic rings. The van der Waals surface area contributed by atoms with Gasteiger partial charge in [0.25, 0.3) is 5.91 Å². The monoisotopic (exact) mass is 246 g/mol. The topological polar surface area (TPSA) is 55.1 Å². The van der Waals surface area contributed by atoms with E-state index in [0.717, 1.165) is 0 Å². The average Bonchev–Trinajstić information content (AvgIpc) is 2.35. The van der Waals surface area contributed by atoms with Crippen molar-refractivity contribution in [3.05, 3.63) is 59.1 Å². The smallest absolute Gasteiger partial charge is 0.255 e. The number of anilines is 2. The number of nitrogen functional groups attached to an aromatic ring is 1. The van der Waals surface area contributed by atoms with Gasteiger partial charge in [0.2, 0.25) is 0 Å². The number of hydrogen-bond donors (Lipinski definition) is 2. The molecular formula is C13H11ClN2O. The predicted molar refractivity (Wildman–Crippen MR) is 70.3 cm³/mol. The highest BCUT2D eigenvalue weighted by molar-refractivity contribution is 6.34. The van der Waals surface area contributed by atoms with Crippen LogP contribution in [0.15, 0.2) is 48.5 Å². The number of nitrogens with one attached hydrogen (secondary N) is 1. The molecule has 0 atom stereocenters. The van der Waals surface area contributed by atoms with Crippen LogP contribution in [-0.4, -0.2) is 5.91 Å². The highest BCUT2D eigenvalue weighted by Crippen LogP contribution is 2.28. The molecule has 0 heterocycles. The minimum absolute atomic E-state index is 0.231. The van der Waals surface area contributed by atoms with Crippen LogP contribution in [0.3, 0.4) is 0 Å². The van der Waals surface area contributed by atoms with Crippen LogP contribution >= 0.6 is 11.6 Å². The van der Waals surface area contributed by atoms with Crippen molar-refractivity contribution in [3.63, 3.8) is 0 Å². The lowest BCUT2D eigenvalue weighted by Crippen LogP contribution is -2.13. The summed E-state index contributed by atoms with van der Waals surface area (Å²) < 4.78 is 0. The second-order valence-electron chi connectivity index (χ2n) is 3.52. The summed E-state index contributed by atoms with van der Waals surface area (Å²) in [6.07, 6.45) is 0. The first-order chi connectivity index (χ1) is 8.18. The Hall–Kier alpha value is -2.00. The highest BCUT2D eigenvalue weighted by atomic mass is 35.5. The maximum atomic E-state index is 11.9. The van der Waals surface area contributed by atoms with Gasteiger partial charge in [-0.05, 0) is 24.3 Å². The Morgan fingerprint density at radius 3 is 2.41 bits per heavy atom. The maximum Gasteiger partial charge on any atom is 0.255 e. The van der Waals surface area contributed by atoms with Crippen molar-refractivity contribution >= 4 is 28.9 Å². The summed E-state index contributed by atoms with van der Waals surface area (Å²) in [7, 11) is 0. The number of nitrogens with two attached hydrogens (primary N) is 1. The van der Waals surface area contributed by atoms with Gasteiger partial charge < -0.3 is 11.1 Å². The van der Waals surface area contributed by atoms with E-state index in [-0.39, 0.29) is 5.91 Å². The second kappa shape index (κ2) is 4.89. The Kier molecular flexibility index (Phi) is 3.30. The van der Waals surface area contributed by atoms with Gasteiger partial charge in [-0.2, -0.15) is 0 Å². The van der Waals surface area contributed by atoms with Gasteiger partial charge in [-0.3, -0.25) is 4.79 Å². The van der Waals surface area contributed by atoms with Crippen LogP contribution in [0.5, 0.6) is 0 Å². The van der Waals surface area contributed by atoms with Crippen molar-refractivity contribution in [1.29, 1.82) is 0 Å². The largest absolute Gasteiger partial charge is 0.397 e. The van der Waals surface area contributed by atoms with Crippen molar-refractivity contribution in [3.8, 4) is 0 Å². The van der Waals surface area contributed by atoms with E-state index in [4.69, 9.17) is 17.3 Å². The lowest BCUT2D eigenvalue weighted by atomic mass is 10.2. The molecule has 0 aliphatic carbocycles. The number of hydrogen-bond acceptors (Lipinski definition) is 2. The SMILES string of the molecule is Nc1cccc(Cl)c1NC(=O)c1ccccc1. The standard InChI is InChI=1S/C13H11ClN2O/c14-10-7-4-8-11(15)12(10)16-13(17)9-5-2-1-3-6-9/h1-8H,15H2,(H,16,17). The molecule has 17 heavy (non-hydrogen) atoms. The van der Waals surface area contributed by atoms with Gasteiger partial charge in [-0.1, -0.05) is 35.9 Å². The van der Waals surface area contributed by atoms with Gasteiger partial charge in [0.15, 0.2) is 0 Å². The van der Waals surface area contributed by atoms with E-state index in [2.05, 4.69) is 5.32 Å².